The molecule has 0 atom stereocenters. The number of carbonyl (C=O) groups excluding carboxylic acids is 1. The van der Waals surface area contributed by atoms with Crippen LogP contribution in [0.25, 0.3) is 6.08 Å². The Kier molecular flexibility index (Phi) is 7.92. The van der Waals surface area contributed by atoms with E-state index in [9.17, 15) is 10.1 Å². The molecule has 0 aliphatic carbocycles. The Morgan fingerprint density at radius 1 is 1.11 bits per heavy atom. The van der Waals surface area contributed by atoms with Crippen molar-refractivity contribution in [2.75, 3.05) is 25.6 Å². The number of ether oxygens (including phenoxy) is 3. The number of hydrogen-bond acceptors (Lipinski definition) is 5. The molecule has 0 fully saturated rings. The molecule has 0 unspecified atom stereocenters. The average Bonchev–Trinajstić information content (AvgIpc) is 2.72. The average molecular weight is 380 g/mol. The Morgan fingerprint density at radius 2 is 1.82 bits per heavy atom. The van der Waals surface area contributed by atoms with Crippen molar-refractivity contribution >= 4 is 17.7 Å². The summed E-state index contributed by atoms with van der Waals surface area (Å²) in [6.07, 6.45) is 2.35. The van der Waals surface area contributed by atoms with Gasteiger partial charge in [0.25, 0.3) is 5.91 Å². The SMILES string of the molecule is CCCOc1cc(OC)ccc1/C=C(\C#N)C(=O)Nc1ccc(OCC)cc1. The molecule has 2 aromatic carbocycles. The molecule has 0 saturated carbocycles. The third-order valence-electron chi connectivity index (χ3n) is 3.77. The van der Waals surface area contributed by atoms with Crippen LogP contribution in [0.3, 0.4) is 0 Å². The molecule has 28 heavy (non-hydrogen) atoms. The second-order valence-electron chi connectivity index (χ2n) is 5.83. The molecule has 0 aromatic heterocycles. The van der Waals surface area contributed by atoms with Crippen LogP contribution in [0, 0.1) is 11.3 Å². The summed E-state index contributed by atoms with van der Waals surface area (Å²) in [5, 5.41) is 12.2. The zero-order valence-electron chi connectivity index (χ0n) is 16.3. The number of rotatable bonds is 9. The minimum atomic E-state index is -0.496. The van der Waals surface area contributed by atoms with Crippen LogP contribution in [0.4, 0.5) is 5.69 Å². The van der Waals surface area contributed by atoms with E-state index < -0.39 is 5.91 Å². The van der Waals surface area contributed by atoms with Crippen LogP contribution in [0.15, 0.2) is 48.0 Å². The largest absolute Gasteiger partial charge is 0.497 e. The summed E-state index contributed by atoms with van der Waals surface area (Å²) in [6, 6.07) is 14.2. The molecule has 146 valence electrons. The first-order valence-electron chi connectivity index (χ1n) is 9.08. The molecule has 0 radical (unpaired) electrons. The van der Waals surface area contributed by atoms with Crippen LogP contribution in [0.1, 0.15) is 25.8 Å². The van der Waals surface area contributed by atoms with Gasteiger partial charge in [-0.3, -0.25) is 4.79 Å². The number of carbonyl (C=O) groups is 1. The molecule has 0 saturated heterocycles. The number of amides is 1. The number of hydrogen-bond donors (Lipinski definition) is 1. The zero-order chi connectivity index (χ0) is 20.4. The topological polar surface area (TPSA) is 80.6 Å². The summed E-state index contributed by atoms with van der Waals surface area (Å²) >= 11 is 0. The van der Waals surface area contributed by atoms with Crippen molar-refractivity contribution in [3.63, 3.8) is 0 Å². The Labute approximate surface area is 165 Å². The van der Waals surface area contributed by atoms with Gasteiger partial charge in [-0.25, -0.2) is 0 Å². The first-order chi connectivity index (χ1) is 13.6. The maximum absolute atomic E-state index is 12.5. The Morgan fingerprint density at radius 3 is 2.43 bits per heavy atom. The summed E-state index contributed by atoms with van der Waals surface area (Å²) in [6.45, 7) is 4.99. The third-order valence-corrected chi connectivity index (χ3v) is 3.77. The molecule has 1 amide bonds. The second kappa shape index (κ2) is 10.6. The van der Waals surface area contributed by atoms with Crippen LogP contribution >= 0.6 is 0 Å². The molecule has 0 spiro atoms. The highest BCUT2D eigenvalue weighted by molar-refractivity contribution is 6.09. The van der Waals surface area contributed by atoms with E-state index in [1.807, 2.05) is 19.9 Å². The summed E-state index contributed by atoms with van der Waals surface area (Å²) in [7, 11) is 1.57. The maximum Gasteiger partial charge on any atom is 0.266 e. The molecule has 0 aliphatic heterocycles. The lowest BCUT2D eigenvalue weighted by molar-refractivity contribution is -0.112. The summed E-state index contributed by atoms with van der Waals surface area (Å²) in [4.78, 5) is 12.5. The predicted molar refractivity (Wildman–Crippen MR) is 109 cm³/mol. The molecule has 2 aromatic rings. The Hall–Kier alpha value is -3.46. The maximum atomic E-state index is 12.5. The number of nitrogens with zero attached hydrogens (tertiary/aromatic N) is 1. The first-order valence-corrected chi connectivity index (χ1v) is 9.08. The van der Waals surface area contributed by atoms with Crippen molar-refractivity contribution in [2.24, 2.45) is 0 Å². The number of benzene rings is 2. The zero-order valence-corrected chi connectivity index (χ0v) is 16.3. The molecule has 1 N–H and O–H groups in total. The highest BCUT2D eigenvalue weighted by Gasteiger charge is 2.12. The van der Waals surface area contributed by atoms with E-state index in [2.05, 4.69) is 5.32 Å². The van der Waals surface area contributed by atoms with Gasteiger partial charge < -0.3 is 19.5 Å². The van der Waals surface area contributed by atoms with Crippen molar-refractivity contribution < 1.29 is 19.0 Å². The van der Waals surface area contributed by atoms with Crippen molar-refractivity contribution in [1.82, 2.24) is 0 Å². The van der Waals surface area contributed by atoms with E-state index in [-0.39, 0.29) is 5.57 Å². The van der Waals surface area contributed by atoms with E-state index in [1.54, 1.807) is 49.6 Å². The molecule has 0 heterocycles. The van der Waals surface area contributed by atoms with Crippen LogP contribution in [0.5, 0.6) is 17.2 Å². The molecule has 6 heteroatoms. The Bertz CT molecular complexity index is 867. The van der Waals surface area contributed by atoms with Gasteiger partial charge in [-0.2, -0.15) is 5.26 Å². The standard InChI is InChI=1S/C22H24N2O4/c1-4-12-28-21-14-20(26-3)9-6-16(21)13-17(15-23)22(25)24-18-7-10-19(11-8-18)27-5-2/h6-11,13-14H,4-5,12H2,1-3H3,(H,24,25)/b17-13+. The van der Waals surface area contributed by atoms with Crippen LogP contribution in [0.2, 0.25) is 0 Å². The molecule has 0 aliphatic rings. The van der Waals surface area contributed by atoms with Gasteiger partial charge in [0, 0.05) is 17.3 Å². The fourth-order valence-corrected chi connectivity index (χ4v) is 2.40. The van der Waals surface area contributed by atoms with Gasteiger partial charge >= 0.3 is 0 Å². The van der Waals surface area contributed by atoms with E-state index in [0.717, 1.165) is 6.42 Å². The van der Waals surface area contributed by atoms with Crippen molar-refractivity contribution in [3.05, 3.63) is 53.6 Å². The lowest BCUT2D eigenvalue weighted by atomic mass is 10.1. The van der Waals surface area contributed by atoms with Gasteiger partial charge in [0.1, 0.15) is 28.9 Å². The monoisotopic (exact) mass is 380 g/mol. The minimum Gasteiger partial charge on any atom is -0.497 e. The third kappa shape index (κ3) is 5.78. The van der Waals surface area contributed by atoms with E-state index in [4.69, 9.17) is 14.2 Å². The summed E-state index contributed by atoms with van der Waals surface area (Å²) < 4.78 is 16.3. The number of methoxy groups -OCH3 is 1. The fraction of sp³-hybridized carbons (Fsp3) is 0.273. The lowest BCUT2D eigenvalue weighted by Gasteiger charge is -2.11. The lowest BCUT2D eigenvalue weighted by Crippen LogP contribution is -2.13. The van der Waals surface area contributed by atoms with Gasteiger partial charge in [0.05, 0.1) is 20.3 Å². The van der Waals surface area contributed by atoms with Crippen molar-refractivity contribution in [2.45, 2.75) is 20.3 Å². The van der Waals surface area contributed by atoms with Crippen molar-refractivity contribution in [1.29, 1.82) is 5.26 Å². The number of nitriles is 1. The highest BCUT2D eigenvalue weighted by atomic mass is 16.5. The minimum absolute atomic E-state index is 0.0274. The number of nitrogens with one attached hydrogen (secondary N) is 1. The highest BCUT2D eigenvalue weighted by Crippen LogP contribution is 2.27. The van der Waals surface area contributed by atoms with E-state index in [1.165, 1.54) is 6.08 Å². The van der Waals surface area contributed by atoms with E-state index in [0.29, 0.717) is 41.7 Å². The van der Waals surface area contributed by atoms with Gasteiger partial charge in [-0.05, 0) is 55.8 Å². The fourth-order valence-electron chi connectivity index (χ4n) is 2.40. The Balaban J connectivity index is 2.22. The first kappa shape index (κ1) is 20.8. The molecule has 6 nitrogen and oxygen atoms in total. The normalized spacial score (nSPS) is 10.7. The van der Waals surface area contributed by atoms with Gasteiger partial charge in [0.2, 0.25) is 0 Å². The smallest absolute Gasteiger partial charge is 0.266 e. The summed E-state index contributed by atoms with van der Waals surface area (Å²) in [5.74, 6) is 1.42. The molecule has 0 bridgehead atoms. The summed E-state index contributed by atoms with van der Waals surface area (Å²) in [5.41, 5.74) is 1.18. The molecule has 2 rings (SSSR count). The van der Waals surface area contributed by atoms with Crippen LogP contribution < -0.4 is 19.5 Å². The number of anilines is 1. The van der Waals surface area contributed by atoms with Crippen molar-refractivity contribution in [3.8, 4) is 23.3 Å². The van der Waals surface area contributed by atoms with Crippen LogP contribution in [-0.4, -0.2) is 26.2 Å². The molecular weight excluding hydrogens is 356 g/mol. The molecular formula is C22H24N2O4. The van der Waals surface area contributed by atoms with Gasteiger partial charge in [0.15, 0.2) is 0 Å². The van der Waals surface area contributed by atoms with Gasteiger partial charge in [-0.15, -0.1) is 0 Å². The van der Waals surface area contributed by atoms with Gasteiger partial charge in [-0.1, -0.05) is 6.92 Å². The van der Waals surface area contributed by atoms with Crippen LogP contribution in [-0.2, 0) is 4.79 Å². The van der Waals surface area contributed by atoms with E-state index >= 15 is 0 Å². The second-order valence-corrected chi connectivity index (χ2v) is 5.83. The predicted octanol–water partition coefficient (Wildman–Crippen LogP) is 4.43. The quantitative estimate of drug-likeness (QED) is 0.514.